The molecule has 3 saturated heterocycles. The molecule has 5 rings (SSSR count). The lowest BCUT2D eigenvalue weighted by molar-refractivity contribution is -0.0192. The normalized spacial score (nSPS) is 22.9. The highest BCUT2D eigenvalue weighted by Gasteiger charge is 2.37. The van der Waals surface area contributed by atoms with E-state index in [1.807, 2.05) is 30.3 Å². The number of carbonyl (C=O) groups is 2. The van der Waals surface area contributed by atoms with E-state index in [2.05, 4.69) is 10.9 Å². The van der Waals surface area contributed by atoms with Crippen molar-refractivity contribution in [2.24, 2.45) is 0 Å². The molecule has 3 aliphatic rings. The van der Waals surface area contributed by atoms with Crippen LogP contribution < -0.4 is 15.6 Å². The SMILES string of the molecule is COc1cc(C(=O)N2CC(O)C[C@@H]2c2cccc(C(=O)N3CC(OC)C3)c2)ccc1C1CNNC1. The number of aliphatic hydroxyl groups is 1. The second-order valence-corrected chi connectivity index (χ2v) is 9.47. The molecule has 3 heterocycles. The Bertz CT molecular complexity index is 1100. The summed E-state index contributed by atoms with van der Waals surface area (Å²) in [6.07, 6.45) is -0.115. The lowest BCUT2D eigenvalue weighted by Crippen LogP contribution is -2.54. The molecule has 9 heteroatoms. The third-order valence-electron chi connectivity index (χ3n) is 7.27. The Kier molecular flexibility index (Phi) is 6.75. The van der Waals surface area contributed by atoms with Crippen LogP contribution in [0.3, 0.4) is 0 Å². The van der Waals surface area contributed by atoms with Gasteiger partial charge in [-0.3, -0.25) is 20.4 Å². The third-order valence-corrected chi connectivity index (χ3v) is 7.27. The number of likely N-dealkylation sites (tertiary alicyclic amines) is 2. The van der Waals surface area contributed by atoms with Crippen LogP contribution in [0.4, 0.5) is 0 Å². The maximum atomic E-state index is 13.6. The molecule has 3 N–H and O–H groups in total. The summed E-state index contributed by atoms with van der Waals surface area (Å²) < 4.78 is 10.9. The molecule has 0 aromatic heterocycles. The summed E-state index contributed by atoms with van der Waals surface area (Å²) in [5.74, 6) is 0.731. The summed E-state index contributed by atoms with van der Waals surface area (Å²) >= 11 is 0. The first-order valence-electron chi connectivity index (χ1n) is 12.0. The topological polar surface area (TPSA) is 103 Å². The molecule has 2 atom stereocenters. The molecular weight excluding hydrogens is 448 g/mol. The Morgan fingerprint density at radius 3 is 2.43 bits per heavy atom. The molecule has 2 aromatic rings. The van der Waals surface area contributed by atoms with Gasteiger partial charge in [0.15, 0.2) is 0 Å². The summed E-state index contributed by atoms with van der Waals surface area (Å²) in [5.41, 5.74) is 9.23. The van der Waals surface area contributed by atoms with Crippen molar-refractivity contribution in [3.8, 4) is 5.75 Å². The largest absolute Gasteiger partial charge is 0.496 e. The highest BCUT2D eigenvalue weighted by molar-refractivity contribution is 5.96. The van der Waals surface area contributed by atoms with Crippen LogP contribution in [-0.4, -0.2) is 85.9 Å². The molecular formula is C26H32N4O5. The molecule has 0 radical (unpaired) electrons. The Morgan fingerprint density at radius 2 is 1.71 bits per heavy atom. The molecule has 1 unspecified atom stereocenters. The number of methoxy groups -OCH3 is 2. The van der Waals surface area contributed by atoms with Gasteiger partial charge in [0.2, 0.25) is 0 Å². The van der Waals surface area contributed by atoms with E-state index in [-0.39, 0.29) is 36.4 Å². The fourth-order valence-corrected chi connectivity index (χ4v) is 5.20. The van der Waals surface area contributed by atoms with E-state index in [4.69, 9.17) is 9.47 Å². The minimum atomic E-state index is -0.627. The van der Waals surface area contributed by atoms with Gasteiger partial charge >= 0.3 is 0 Å². The van der Waals surface area contributed by atoms with Crippen LogP contribution in [-0.2, 0) is 4.74 Å². The molecule has 186 valence electrons. The molecule has 0 saturated carbocycles. The number of hydrogen-bond acceptors (Lipinski definition) is 7. The Labute approximate surface area is 205 Å². The standard InChI is InChI=1S/C26H32N4O5/c1-34-21-14-29(15-21)25(32)17-5-3-4-16(8-17)23-10-20(31)13-30(23)26(33)18-6-7-22(24(9-18)35-2)19-11-27-28-12-19/h3-9,19-21,23,27-28,31H,10-15H2,1-2H3/t20?,23-/m1/s1. The smallest absolute Gasteiger partial charge is 0.254 e. The molecule has 35 heavy (non-hydrogen) atoms. The molecule has 3 fully saturated rings. The minimum Gasteiger partial charge on any atom is -0.496 e. The molecule has 2 aromatic carbocycles. The van der Waals surface area contributed by atoms with Crippen molar-refractivity contribution in [2.75, 3.05) is 46.9 Å². The van der Waals surface area contributed by atoms with E-state index < -0.39 is 6.10 Å². The molecule has 2 amide bonds. The lowest BCUT2D eigenvalue weighted by atomic mass is 9.96. The van der Waals surface area contributed by atoms with Crippen molar-refractivity contribution in [2.45, 2.75) is 30.6 Å². The summed E-state index contributed by atoms with van der Waals surface area (Å²) in [6, 6.07) is 12.6. The van der Waals surface area contributed by atoms with E-state index in [1.54, 1.807) is 36.2 Å². The Balaban J connectivity index is 1.37. The van der Waals surface area contributed by atoms with Gasteiger partial charge in [0.25, 0.3) is 11.8 Å². The Morgan fingerprint density at radius 1 is 0.971 bits per heavy atom. The molecule has 0 bridgehead atoms. The summed E-state index contributed by atoms with van der Waals surface area (Å²) in [6.45, 7) is 2.99. The van der Waals surface area contributed by atoms with Crippen LogP contribution in [0.5, 0.6) is 5.75 Å². The number of nitrogens with zero attached hydrogens (tertiary/aromatic N) is 2. The number of rotatable bonds is 6. The van der Waals surface area contributed by atoms with Gasteiger partial charge in [-0.25, -0.2) is 0 Å². The van der Waals surface area contributed by atoms with E-state index in [0.29, 0.717) is 36.4 Å². The van der Waals surface area contributed by atoms with E-state index in [1.165, 1.54) is 0 Å². The first-order chi connectivity index (χ1) is 17.0. The van der Waals surface area contributed by atoms with Crippen molar-refractivity contribution in [3.63, 3.8) is 0 Å². The van der Waals surface area contributed by atoms with E-state index in [0.717, 1.165) is 24.2 Å². The van der Waals surface area contributed by atoms with Crippen molar-refractivity contribution < 1.29 is 24.2 Å². The summed E-state index contributed by atoms with van der Waals surface area (Å²) in [5, 5.41) is 10.5. The molecule has 0 aliphatic carbocycles. The van der Waals surface area contributed by atoms with Gasteiger partial charge in [-0.1, -0.05) is 18.2 Å². The van der Waals surface area contributed by atoms with Crippen molar-refractivity contribution in [3.05, 3.63) is 64.7 Å². The highest BCUT2D eigenvalue weighted by Crippen LogP contribution is 2.35. The predicted octanol–water partition coefficient (Wildman–Crippen LogP) is 1.31. The maximum Gasteiger partial charge on any atom is 0.254 e. The lowest BCUT2D eigenvalue weighted by Gasteiger charge is -2.38. The number of amides is 2. The monoisotopic (exact) mass is 480 g/mol. The Hall–Kier alpha value is -2.98. The average molecular weight is 481 g/mol. The van der Waals surface area contributed by atoms with Crippen LogP contribution in [0.1, 0.15) is 50.2 Å². The van der Waals surface area contributed by atoms with E-state index >= 15 is 0 Å². The highest BCUT2D eigenvalue weighted by atomic mass is 16.5. The van der Waals surface area contributed by atoms with Gasteiger partial charge < -0.3 is 24.4 Å². The third kappa shape index (κ3) is 4.64. The number of carbonyl (C=O) groups excluding carboxylic acids is 2. The van der Waals surface area contributed by atoms with Crippen molar-refractivity contribution in [1.82, 2.24) is 20.7 Å². The van der Waals surface area contributed by atoms with Gasteiger partial charge in [-0.2, -0.15) is 0 Å². The van der Waals surface area contributed by atoms with E-state index in [9.17, 15) is 14.7 Å². The molecule has 0 spiro atoms. The van der Waals surface area contributed by atoms with Crippen molar-refractivity contribution >= 4 is 11.8 Å². The molecule has 3 aliphatic heterocycles. The first-order valence-corrected chi connectivity index (χ1v) is 12.0. The zero-order valence-corrected chi connectivity index (χ0v) is 20.1. The first kappa shape index (κ1) is 23.7. The second-order valence-electron chi connectivity index (χ2n) is 9.47. The quantitative estimate of drug-likeness (QED) is 0.573. The zero-order valence-electron chi connectivity index (χ0n) is 20.1. The van der Waals surface area contributed by atoms with Crippen LogP contribution in [0, 0.1) is 0 Å². The van der Waals surface area contributed by atoms with Crippen LogP contribution >= 0.6 is 0 Å². The van der Waals surface area contributed by atoms with Crippen LogP contribution in [0.25, 0.3) is 0 Å². The number of nitrogens with one attached hydrogen (secondary N) is 2. The fraction of sp³-hybridized carbons (Fsp3) is 0.462. The number of aliphatic hydroxyl groups excluding tert-OH is 1. The maximum absolute atomic E-state index is 13.6. The minimum absolute atomic E-state index is 0.0483. The number of hydrazine groups is 1. The van der Waals surface area contributed by atoms with Gasteiger partial charge in [0.1, 0.15) is 5.75 Å². The average Bonchev–Trinajstić information content (AvgIpc) is 3.52. The predicted molar refractivity (Wildman–Crippen MR) is 129 cm³/mol. The van der Waals surface area contributed by atoms with Crippen molar-refractivity contribution in [1.29, 1.82) is 0 Å². The number of β-amino-alcohol motifs (C(OH)–C–C–N with tert-alkyl or cyclic N) is 1. The summed E-state index contributed by atoms with van der Waals surface area (Å²) in [7, 11) is 3.26. The van der Waals surface area contributed by atoms with Crippen LogP contribution in [0.15, 0.2) is 42.5 Å². The van der Waals surface area contributed by atoms with Gasteiger partial charge in [0, 0.05) is 56.9 Å². The van der Waals surface area contributed by atoms with Gasteiger partial charge in [-0.15, -0.1) is 0 Å². The fourth-order valence-electron chi connectivity index (χ4n) is 5.20. The zero-order chi connectivity index (χ0) is 24.5. The number of benzene rings is 2. The van der Waals surface area contributed by atoms with Gasteiger partial charge in [-0.05, 0) is 41.8 Å². The van der Waals surface area contributed by atoms with Gasteiger partial charge in [0.05, 0.1) is 25.4 Å². The summed E-state index contributed by atoms with van der Waals surface area (Å²) in [4.78, 5) is 29.9. The number of ether oxygens (including phenoxy) is 2. The number of hydrogen-bond donors (Lipinski definition) is 3. The van der Waals surface area contributed by atoms with Crippen LogP contribution in [0.2, 0.25) is 0 Å². The molecule has 9 nitrogen and oxygen atoms in total. The second kappa shape index (κ2) is 9.94.